The minimum atomic E-state index is 0.116. The van der Waals surface area contributed by atoms with Crippen molar-refractivity contribution in [3.05, 3.63) is 35.4 Å². The first-order chi connectivity index (χ1) is 7.13. The van der Waals surface area contributed by atoms with E-state index in [2.05, 4.69) is 28.8 Å². The van der Waals surface area contributed by atoms with E-state index in [0.717, 1.165) is 11.3 Å². The summed E-state index contributed by atoms with van der Waals surface area (Å²) in [6, 6.07) is 9.21. The van der Waals surface area contributed by atoms with E-state index >= 15 is 0 Å². The van der Waals surface area contributed by atoms with E-state index in [1.54, 1.807) is 18.2 Å². The normalized spacial score (nSPS) is 10.5. The SMILES string of the molecule is C/C(=N/NC(N)=S)c1cccc(C#N)c1. The molecule has 0 amide bonds. The molecule has 15 heavy (non-hydrogen) atoms. The van der Waals surface area contributed by atoms with Gasteiger partial charge in [0, 0.05) is 0 Å². The fraction of sp³-hybridized carbons (Fsp3) is 0.100. The van der Waals surface area contributed by atoms with Gasteiger partial charge in [0.25, 0.3) is 0 Å². The quantitative estimate of drug-likeness (QED) is 0.443. The van der Waals surface area contributed by atoms with Gasteiger partial charge in [0.15, 0.2) is 5.11 Å². The van der Waals surface area contributed by atoms with Crippen LogP contribution in [0.3, 0.4) is 0 Å². The van der Waals surface area contributed by atoms with E-state index in [1.807, 2.05) is 13.0 Å². The third kappa shape index (κ3) is 3.37. The molecule has 0 radical (unpaired) electrons. The highest BCUT2D eigenvalue weighted by molar-refractivity contribution is 7.80. The highest BCUT2D eigenvalue weighted by Gasteiger charge is 1.98. The van der Waals surface area contributed by atoms with Gasteiger partial charge in [-0.15, -0.1) is 0 Å². The minimum Gasteiger partial charge on any atom is -0.375 e. The highest BCUT2D eigenvalue weighted by atomic mass is 32.1. The molecule has 0 fully saturated rings. The summed E-state index contributed by atoms with van der Waals surface area (Å²) in [5.74, 6) is 0. The second-order valence-corrected chi connectivity index (χ2v) is 3.31. The number of rotatable bonds is 2. The van der Waals surface area contributed by atoms with Gasteiger partial charge in [0.1, 0.15) is 0 Å². The molecule has 0 saturated carbocycles. The Balaban J connectivity index is 2.91. The van der Waals surface area contributed by atoms with E-state index in [9.17, 15) is 0 Å². The van der Waals surface area contributed by atoms with Crippen LogP contribution in [0.15, 0.2) is 29.4 Å². The van der Waals surface area contributed by atoms with Crippen LogP contribution in [0.4, 0.5) is 0 Å². The number of benzene rings is 1. The van der Waals surface area contributed by atoms with Crippen LogP contribution in [-0.2, 0) is 0 Å². The Morgan fingerprint density at radius 1 is 1.60 bits per heavy atom. The third-order valence-corrected chi connectivity index (χ3v) is 1.83. The van der Waals surface area contributed by atoms with E-state index < -0.39 is 0 Å². The summed E-state index contributed by atoms with van der Waals surface area (Å²) in [4.78, 5) is 0. The molecule has 1 aromatic rings. The Labute approximate surface area is 93.4 Å². The lowest BCUT2D eigenvalue weighted by molar-refractivity contribution is 1.03. The molecule has 0 aliphatic heterocycles. The van der Waals surface area contributed by atoms with Crippen LogP contribution < -0.4 is 11.2 Å². The van der Waals surface area contributed by atoms with Crippen LogP contribution in [0.25, 0.3) is 0 Å². The summed E-state index contributed by atoms with van der Waals surface area (Å²) >= 11 is 4.62. The van der Waals surface area contributed by atoms with Gasteiger partial charge in [-0.25, -0.2) is 0 Å². The minimum absolute atomic E-state index is 0.116. The van der Waals surface area contributed by atoms with Crippen molar-refractivity contribution in [2.75, 3.05) is 0 Å². The maximum Gasteiger partial charge on any atom is 0.184 e. The van der Waals surface area contributed by atoms with Crippen molar-refractivity contribution in [3.63, 3.8) is 0 Å². The van der Waals surface area contributed by atoms with E-state index in [0.29, 0.717) is 5.56 Å². The average molecular weight is 218 g/mol. The molecule has 76 valence electrons. The molecule has 0 spiro atoms. The smallest absolute Gasteiger partial charge is 0.184 e. The number of nitrogens with zero attached hydrogens (tertiary/aromatic N) is 2. The molecule has 0 aliphatic carbocycles. The zero-order valence-corrected chi connectivity index (χ0v) is 9.01. The van der Waals surface area contributed by atoms with E-state index in [4.69, 9.17) is 11.0 Å². The monoisotopic (exact) mass is 218 g/mol. The van der Waals surface area contributed by atoms with Crippen LogP contribution in [0, 0.1) is 11.3 Å². The largest absolute Gasteiger partial charge is 0.375 e. The maximum atomic E-state index is 8.72. The second kappa shape index (κ2) is 5.08. The molecular formula is C10H10N4S. The third-order valence-electron chi connectivity index (χ3n) is 1.74. The van der Waals surface area contributed by atoms with Crippen molar-refractivity contribution in [2.24, 2.45) is 10.8 Å². The Bertz CT molecular complexity index is 445. The van der Waals surface area contributed by atoms with Crippen molar-refractivity contribution < 1.29 is 0 Å². The molecule has 0 aliphatic rings. The van der Waals surface area contributed by atoms with Crippen molar-refractivity contribution in [2.45, 2.75) is 6.92 Å². The predicted octanol–water partition coefficient (Wildman–Crippen LogP) is 1.12. The van der Waals surface area contributed by atoms with Crippen molar-refractivity contribution in [3.8, 4) is 6.07 Å². The number of nitriles is 1. The fourth-order valence-corrected chi connectivity index (χ4v) is 1.06. The number of nitrogens with two attached hydrogens (primary N) is 1. The van der Waals surface area contributed by atoms with Gasteiger partial charge < -0.3 is 5.73 Å². The van der Waals surface area contributed by atoms with Gasteiger partial charge in [-0.2, -0.15) is 10.4 Å². The summed E-state index contributed by atoms with van der Waals surface area (Å²) in [5, 5.41) is 12.8. The van der Waals surface area contributed by atoms with Gasteiger partial charge in [0.2, 0.25) is 0 Å². The molecule has 0 saturated heterocycles. The maximum absolute atomic E-state index is 8.72. The number of hydrogen-bond acceptors (Lipinski definition) is 3. The lowest BCUT2D eigenvalue weighted by atomic mass is 10.1. The molecular weight excluding hydrogens is 208 g/mol. The van der Waals surface area contributed by atoms with Gasteiger partial charge in [0.05, 0.1) is 17.3 Å². The molecule has 1 rings (SSSR count). The summed E-state index contributed by atoms with van der Waals surface area (Å²) < 4.78 is 0. The molecule has 4 nitrogen and oxygen atoms in total. The summed E-state index contributed by atoms with van der Waals surface area (Å²) in [7, 11) is 0. The van der Waals surface area contributed by atoms with E-state index in [1.165, 1.54) is 0 Å². The van der Waals surface area contributed by atoms with Crippen molar-refractivity contribution in [1.82, 2.24) is 5.43 Å². The zero-order chi connectivity index (χ0) is 11.3. The van der Waals surface area contributed by atoms with Crippen LogP contribution >= 0.6 is 12.2 Å². The van der Waals surface area contributed by atoms with Crippen LogP contribution in [0.5, 0.6) is 0 Å². The zero-order valence-electron chi connectivity index (χ0n) is 8.19. The Kier molecular flexibility index (Phi) is 3.77. The summed E-state index contributed by atoms with van der Waals surface area (Å²) in [5.41, 5.74) is 9.91. The number of hydrogen-bond donors (Lipinski definition) is 2. The highest BCUT2D eigenvalue weighted by Crippen LogP contribution is 2.05. The van der Waals surface area contributed by atoms with Gasteiger partial charge in [-0.1, -0.05) is 12.1 Å². The van der Waals surface area contributed by atoms with Crippen LogP contribution in [0.2, 0.25) is 0 Å². The molecule has 3 N–H and O–H groups in total. The molecule has 5 heteroatoms. The van der Waals surface area contributed by atoms with Crippen molar-refractivity contribution in [1.29, 1.82) is 5.26 Å². The molecule has 0 unspecified atom stereocenters. The molecule has 1 aromatic carbocycles. The number of thiocarbonyl (C=S) groups is 1. The first-order valence-corrected chi connectivity index (χ1v) is 4.64. The fourth-order valence-electron chi connectivity index (χ4n) is 1.02. The second-order valence-electron chi connectivity index (χ2n) is 2.87. The standard InChI is InChI=1S/C10H10N4S/c1-7(13-14-10(12)15)9-4-2-3-8(5-9)6-11/h2-5H,1H3,(H3,12,14,15)/b13-7-. The van der Waals surface area contributed by atoms with Crippen LogP contribution in [0.1, 0.15) is 18.1 Å². The Morgan fingerprint density at radius 3 is 2.93 bits per heavy atom. The number of nitrogens with one attached hydrogen (secondary N) is 1. The molecule has 0 heterocycles. The average Bonchev–Trinajstić information content (AvgIpc) is 2.26. The van der Waals surface area contributed by atoms with Gasteiger partial charge >= 0.3 is 0 Å². The molecule has 0 atom stereocenters. The first-order valence-electron chi connectivity index (χ1n) is 4.23. The lowest BCUT2D eigenvalue weighted by Crippen LogP contribution is -2.25. The van der Waals surface area contributed by atoms with Crippen molar-refractivity contribution >= 4 is 23.0 Å². The summed E-state index contributed by atoms with van der Waals surface area (Å²) in [6.45, 7) is 1.81. The lowest BCUT2D eigenvalue weighted by Gasteiger charge is -2.01. The van der Waals surface area contributed by atoms with Gasteiger partial charge in [-0.3, -0.25) is 5.43 Å². The van der Waals surface area contributed by atoms with Gasteiger partial charge in [-0.05, 0) is 36.8 Å². The first kappa shape index (κ1) is 11.1. The predicted molar refractivity (Wildman–Crippen MR) is 63.3 cm³/mol. The number of hydrazone groups is 1. The Hall–Kier alpha value is -1.93. The topological polar surface area (TPSA) is 74.2 Å². The molecule has 0 bridgehead atoms. The Morgan fingerprint density at radius 2 is 2.33 bits per heavy atom. The van der Waals surface area contributed by atoms with E-state index in [-0.39, 0.29) is 5.11 Å². The molecule has 0 aromatic heterocycles. The van der Waals surface area contributed by atoms with Crippen LogP contribution in [-0.4, -0.2) is 10.8 Å². The summed E-state index contributed by atoms with van der Waals surface area (Å²) in [6.07, 6.45) is 0.